The summed E-state index contributed by atoms with van der Waals surface area (Å²) in [5, 5.41) is 17.2. The van der Waals surface area contributed by atoms with Crippen LogP contribution < -0.4 is 10.1 Å². The van der Waals surface area contributed by atoms with Crippen molar-refractivity contribution >= 4 is 11.6 Å². The number of pyridine rings is 1. The van der Waals surface area contributed by atoms with Crippen molar-refractivity contribution in [2.24, 2.45) is 0 Å². The Bertz CT molecular complexity index is 1400. The standard InChI is InChI=1S/C25H23N7O2/c1-17-10-11-24-26-20(15-32(24)14-17)16-34-21-9-5-8-19(12-21)25(33)27-22(13-23-28-30-31-29-23)18-6-3-2-4-7-18/h2-12,14-15,22H,13,16H2,1H3,(H,27,33)(H,28,29,30,31). The number of nitrogens with zero attached hydrogens (tertiary/aromatic N) is 5. The lowest BCUT2D eigenvalue weighted by molar-refractivity contribution is 0.0935. The average Bonchev–Trinajstić information content (AvgIpc) is 3.52. The molecule has 170 valence electrons. The van der Waals surface area contributed by atoms with E-state index < -0.39 is 0 Å². The van der Waals surface area contributed by atoms with Crippen LogP contribution in [0.3, 0.4) is 0 Å². The third-order valence-corrected chi connectivity index (χ3v) is 5.41. The fraction of sp³-hybridized carbons (Fsp3) is 0.160. The summed E-state index contributed by atoms with van der Waals surface area (Å²) in [6.07, 6.45) is 4.38. The zero-order valence-electron chi connectivity index (χ0n) is 18.5. The van der Waals surface area contributed by atoms with Gasteiger partial charge in [-0.15, -0.1) is 10.2 Å². The van der Waals surface area contributed by atoms with Gasteiger partial charge >= 0.3 is 0 Å². The van der Waals surface area contributed by atoms with Gasteiger partial charge in [0.15, 0.2) is 5.82 Å². The van der Waals surface area contributed by atoms with Crippen LogP contribution in [0.15, 0.2) is 79.1 Å². The van der Waals surface area contributed by atoms with Gasteiger partial charge in [0.1, 0.15) is 18.0 Å². The topological polar surface area (TPSA) is 110 Å². The number of aryl methyl sites for hydroxylation is 1. The molecular weight excluding hydrogens is 430 g/mol. The molecule has 0 aliphatic heterocycles. The van der Waals surface area contributed by atoms with Crippen molar-refractivity contribution in [3.05, 3.63) is 107 Å². The number of rotatable bonds is 8. The van der Waals surface area contributed by atoms with Crippen LogP contribution in [0.25, 0.3) is 5.65 Å². The molecule has 34 heavy (non-hydrogen) atoms. The van der Waals surface area contributed by atoms with Crippen LogP contribution >= 0.6 is 0 Å². The molecule has 5 rings (SSSR count). The minimum atomic E-state index is -0.308. The van der Waals surface area contributed by atoms with E-state index in [-0.39, 0.29) is 11.9 Å². The number of aromatic amines is 1. The van der Waals surface area contributed by atoms with E-state index in [4.69, 9.17) is 4.74 Å². The van der Waals surface area contributed by atoms with E-state index in [1.807, 2.05) is 72.2 Å². The molecule has 1 unspecified atom stereocenters. The first-order chi connectivity index (χ1) is 16.6. The van der Waals surface area contributed by atoms with Gasteiger partial charge in [0.05, 0.1) is 11.7 Å². The Morgan fingerprint density at radius 2 is 1.97 bits per heavy atom. The lowest BCUT2D eigenvalue weighted by Gasteiger charge is -2.18. The van der Waals surface area contributed by atoms with Gasteiger partial charge in [0.2, 0.25) is 0 Å². The molecule has 0 saturated carbocycles. The van der Waals surface area contributed by atoms with Crippen molar-refractivity contribution in [2.45, 2.75) is 26.0 Å². The second-order valence-corrected chi connectivity index (χ2v) is 7.99. The molecule has 3 aromatic heterocycles. The lowest BCUT2D eigenvalue weighted by Crippen LogP contribution is -2.30. The van der Waals surface area contributed by atoms with Crippen molar-refractivity contribution in [3.8, 4) is 5.75 Å². The molecule has 0 spiro atoms. The van der Waals surface area contributed by atoms with E-state index in [0.29, 0.717) is 30.2 Å². The molecule has 1 atom stereocenters. The van der Waals surface area contributed by atoms with Gasteiger partial charge in [-0.05, 0) is 42.3 Å². The van der Waals surface area contributed by atoms with Gasteiger partial charge in [0.25, 0.3) is 5.91 Å². The summed E-state index contributed by atoms with van der Waals surface area (Å²) in [6, 6.07) is 20.5. The largest absolute Gasteiger partial charge is 0.487 e. The Morgan fingerprint density at radius 3 is 2.79 bits per heavy atom. The summed E-state index contributed by atoms with van der Waals surface area (Å²) in [6.45, 7) is 2.34. The van der Waals surface area contributed by atoms with Crippen LogP contribution in [0.5, 0.6) is 5.75 Å². The summed E-state index contributed by atoms with van der Waals surface area (Å²) in [7, 11) is 0. The van der Waals surface area contributed by atoms with E-state index in [2.05, 4.69) is 30.9 Å². The Kier molecular flexibility index (Phi) is 5.98. The highest BCUT2D eigenvalue weighted by atomic mass is 16.5. The van der Waals surface area contributed by atoms with Gasteiger partial charge in [-0.25, -0.2) is 4.98 Å². The Balaban J connectivity index is 1.28. The van der Waals surface area contributed by atoms with Crippen LogP contribution in [0.1, 0.15) is 39.0 Å². The van der Waals surface area contributed by atoms with Crippen LogP contribution in [-0.2, 0) is 13.0 Å². The second-order valence-electron chi connectivity index (χ2n) is 7.99. The normalized spacial score (nSPS) is 11.9. The molecule has 0 fully saturated rings. The highest BCUT2D eigenvalue weighted by Gasteiger charge is 2.19. The summed E-state index contributed by atoms with van der Waals surface area (Å²) in [4.78, 5) is 17.7. The smallest absolute Gasteiger partial charge is 0.251 e. The molecular formula is C25H23N7O2. The fourth-order valence-corrected chi connectivity index (χ4v) is 3.74. The van der Waals surface area contributed by atoms with Crippen LogP contribution in [0.2, 0.25) is 0 Å². The van der Waals surface area contributed by atoms with Gasteiger partial charge in [0, 0.05) is 24.4 Å². The number of fused-ring (bicyclic) bond motifs is 1. The molecule has 5 aromatic rings. The van der Waals surface area contributed by atoms with Crippen LogP contribution in [-0.4, -0.2) is 35.9 Å². The van der Waals surface area contributed by atoms with E-state index in [0.717, 1.165) is 22.5 Å². The Hall–Kier alpha value is -4.53. The first kappa shape index (κ1) is 21.3. The van der Waals surface area contributed by atoms with E-state index in [1.54, 1.807) is 18.2 Å². The zero-order chi connectivity index (χ0) is 23.3. The fourth-order valence-electron chi connectivity index (χ4n) is 3.74. The number of tetrazole rings is 1. The molecule has 0 saturated heterocycles. The average molecular weight is 454 g/mol. The highest BCUT2D eigenvalue weighted by molar-refractivity contribution is 5.94. The maximum atomic E-state index is 13.1. The number of ether oxygens (including phenoxy) is 1. The Morgan fingerprint density at radius 1 is 1.09 bits per heavy atom. The summed E-state index contributed by atoms with van der Waals surface area (Å²) in [5.74, 6) is 0.898. The summed E-state index contributed by atoms with van der Waals surface area (Å²) < 4.78 is 7.91. The molecule has 1 amide bonds. The number of imidazole rings is 1. The number of amides is 1. The molecule has 0 aliphatic carbocycles. The molecule has 0 aliphatic rings. The van der Waals surface area contributed by atoms with Gasteiger partial charge < -0.3 is 14.5 Å². The minimum Gasteiger partial charge on any atom is -0.487 e. The van der Waals surface area contributed by atoms with Crippen LogP contribution in [0.4, 0.5) is 0 Å². The maximum absolute atomic E-state index is 13.1. The van der Waals surface area contributed by atoms with Gasteiger partial charge in [-0.3, -0.25) is 4.79 Å². The third kappa shape index (κ3) is 4.93. The molecule has 9 nitrogen and oxygen atoms in total. The van der Waals surface area contributed by atoms with Crippen molar-refractivity contribution in [3.63, 3.8) is 0 Å². The van der Waals surface area contributed by atoms with E-state index >= 15 is 0 Å². The molecule has 3 heterocycles. The quantitative estimate of drug-likeness (QED) is 0.372. The number of carbonyl (C=O) groups excluding carboxylic acids is 1. The van der Waals surface area contributed by atoms with Crippen molar-refractivity contribution in [1.29, 1.82) is 0 Å². The number of carbonyl (C=O) groups is 1. The van der Waals surface area contributed by atoms with Crippen LogP contribution in [0, 0.1) is 6.92 Å². The predicted molar refractivity (Wildman–Crippen MR) is 125 cm³/mol. The monoisotopic (exact) mass is 453 g/mol. The van der Waals surface area contributed by atoms with E-state index in [9.17, 15) is 4.79 Å². The minimum absolute atomic E-state index is 0.217. The molecule has 0 radical (unpaired) electrons. The van der Waals surface area contributed by atoms with E-state index in [1.165, 1.54) is 0 Å². The number of hydrogen-bond acceptors (Lipinski definition) is 6. The number of aromatic nitrogens is 6. The van der Waals surface area contributed by atoms with Crippen molar-refractivity contribution < 1.29 is 9.53 Å². The first-order valence-electron chi connectivity index (χ1n) is 10.9. The molecule has 9 heteroatoms. The zero-order valence-corrected chi connectivity index (χ0v) is 18.5. The number of hydrogen-bond donors (Lipinski definition) is 2. The number of nitrogens with one attached hydrogen (secondary N) is 2. The van der Waals surface area contributed by atoms with Gasteiger partial charge in [-0.2, -0.15) is 5.21 Å². The SMILES string of the molecule is Cc1ccc2nc(COc3cccc(C(=O)NC(Cc4nn[nH]n4)c4ccccc4)c3)cn2c1. The van der Waals surface area contributed by atoms with Gasteiger partial charge in [-0.1, -0.05) is 47.7 Å². The Labute approximate surface area is 195 Å². The predicted octanol–water partition coefficient (Wildman–Crippen LogP) is 3.45. The third-order valence-electron chi connectivity index (χ3n) is 5.41. The summed E-state index contributed by atoms with van der Waals surface area (Å²) >= 11 is 0. The number of H-pyrrole nitrogens is 1. The summed E-state index contributed by atoms with van der Waals surface area (Å²) in [5.41, 5.74) is 4.28. The van der Waals surface area contributed by atoms with Crippen molar-refractivity contribution in [2.75, 3.05) is 0 Å². The molecule has 2 N–H and O–H groups in total. The molecule has 2 aromatic carbocycles. The number of benzene rings is 2. The maximum Gasteiger partial charge on any atom is 0.251 e. The van der Waals surface area contributed by atoms with Crippen molar-refractivity contribution in [1.82, 2.24) is 35.3 Å². The second kappa shape index (κ2) is 9.53. The first-order valence-corrected chi connectivity index (χ1v) is 10.9. The molecule has 0 bridgehead atoms. The highest BCUT2D eigenvalue weighted by Crippen LogP contribution is 2.20. The lowest BCUT2D eigenvalue weighted by atomic mass is 10.0.